The molecule has 1 atom stereocenters. The van der Waals surface area contributed by atoms with Crippen LogP contribution in [0.4, 0.5) is 0 Å². The maximum Gasteiger partial charge on any atom is 0.191 e. The van der Waals surface area contributed by atoms with E-state index in [9.17, 15) is 0 Å². The first-order chi connectivity index (χ1) is 8.91. The van der Waals surface area contributed by atoms with Gasteiger partial charge in [-0.25, -0.2) is 0 Å². The first kappa shape index (κ1) is 20.7. The van der Waals surface area contributed by atoms with Crippen molar-refractivity contribution < 1.29 is 0 Å². The standard InChI is InChI=1S/C14H29N3S2.HI/c1-6-15-12(16-10-13(2,3)18-5)17-11-14(4)8-7-9-19-14;/h6-11H2,1-5H3,(H2,15,16,17);1H. The Balaban J connectivity index is 0.00000361. The minimum Gasteiger partial charge on any atom is -0.357 e. The normalized spacial score (nSPS) is 23.4. The predicted molar refractivity (Wildman–Crippen MR) is 107 cm³/mol. The van der Waals surface area contributed by atoms with E-state index in [1.54, 1.807) is 0 Å². The lowest BCUT2D eigenvalue weighted by atomic mass is 10.1. The molecule has 1 saturated heterocycles. The van der Waals surface area contributed by atoms with Crippen molar-refractivity contribution >= 4 is 53.5 Å². The van der Waals surface area contributed by atoms with Gasteiger partial charge in [0.05, 0.1) is 6.54 Å². The van der Waals surface area contributed by atoms with Crippen molar-refractivity contribution in [3.63, 3.8) is 0 Å². The highest BCUT2D eigenvalue weighted by atomic mass is 127. The highest BCUT2D eigenvalue weighted by Crippen LogP contribution is 2.36. The second kappa shape index (κ2) is 9.66. The van der Waals surface area contributed by atoms with Crippen LogP contribution >= 0.6 is 47.5 Å². The molecule has 20 heavy (non-hydrogen) atoms. The van der Waals surface area contributed by atoms with Gasteiger partial charge in [0, 0.05) is 22.6 Å². The van der Waals surface area contributed by atoms with Crippen molar-refractivity contribution in [1.29, 1.82) is 0 Å². The molecule has 1 rings (SSSR count). The summed E-state index contributed by atoms with van der Waals surface area (Å²) in [6, 6.07) is 0. The van der Waals surface area contributed by atoms with Crippen LogP contribution in [0.2, 0.25) is 0 Å². The number of thioether (sulfide) groups is 2. The van der Waals surface area contributed by atoms with Crippen molar-refractivity contribution in [1.82, 2.24) is 10.6 Å². The number of aliphatic imine (C=N–C) groups is 1. The quantitative estimate of drug-likeness (QED) is 0.383. The molecule has 0 aromatic rings. The summed E-state index contributed by atoms with van der Waals surface area (Å²) >= 11 is 3.95. The molecule has 0 spiro atoms. The largest absolute Gasteiger partial charge is 0.357 e. The predicted octanol–water partition coefficient (Wildman–Crippen LogP) is 3.59. The van der Waals surface area contributed by atoms with Gasteiger partial charge < -0.3 is 10.6 Å². The maximum atomic E-state index is 4.71. The molecule has 2 N–H and O–H groups in total. The molecule has 0 radical (unpaired) electrons. The molecule has 1 heterocycles. The summed E-state index contributed by atoms with van der Waals surface area (Å²) in [5, 5.41) is 6.85. The highest BCUT2D eigenvalue weighted by Gasteiger charge is 2.29. The summed E-state index contributed by atoms with van der Waals surface area (Å²) in [4.78, 5) is 4.71. The smallest absolute Gasteiger partial charge is 0.191 e. The van der Waals surface area contributed by atoms with E-state index < -0.39 is 0 Å². The van der Waals surface area contributed by atoms with Crippen molar-refractivity contribution in [2.75, 3.05) is 31.6 Å². The molecule has 0 amide bonds. The molecule has 0 aromatic carbocycles. The van der Waals surface area contributed by atoms with E-state index in [2.05, 4.69) is 56.3 Å². The fourth-order valence-electron chi connectivity index (χ4n) is 1.92. The van der Waals surface area contributed by atoms with Gasteiger partial charge in [-0.15, -0.1) is 24.0 Å². The molecule has 120 valence electrons. The Kier molecular flexibility index (Phi) is 10.0. The van der Waals surface area contributed by atoms with Crippen molar-refractivity contribution in [2.24, 2.45) is 4.99 Å². The Bertz CT molecular complexity index is 303. The molecule has 0 bridgehead atoms. The van der Waals surface area contributed by atoms with Crippen LogP contribution < -0.4 is 10.6 Å². The SMILES string of the molecule is CCNC(=NCC(C)(C)SC)NCC1(C)CCCS1.I. The third-order valence-corrected chi connectivity index (χ3v) is 6.22. The number of guanidine groups is 1. The van der Waals surface area contributed by atoms with Crippen LogP contribution in [0.3, 0.4) is 0 Å². The number of nitrogens with one attached hydrogen (secondary N) is 2. The second-order valence-electron chi connectivity index (χ2n) is 5.91. The fourth-order valence-corrected chi connectivity index (χ4v) is 3.36. The molecule has 1 aliphatic heterocycles. The van der Waals surface area contributed by atoms with E-state index >= 15 is 0 Å². The van der Waals surface area contributed by atoms with Gasteiger partial charge in [-0.05, 0) is 52.5 Å². The van der Waals surface area contributed by atoms with E-state index in [0.717, 1.165) is 25.6 Å². The van der Waals surface area contributed by atoms with Gasteiger partial charge in [0.1, 0.15) is 0 Å². The lowest BCUT2D eigenvalue weighted by Gasteiger charge is -2.25. The summed E-state index contributed by atoms with van der Waals surface area (Å²) in [6.45, 7) is 11.7. The fraction of sp³-hybridized carbons (Fsp3) is 0.929. The van der Waals surface area contributed by atoms with Gasteiger partial charge in [-0.3, -0.25) is 4.99 Å². The van der Waals surface area contributed by atoms with Crippen molar-refractivity contribution in [3.8, 4) is 0 Å². The molecular weight excluding hydrogens is 401 g/mol. The van der Waals surface area contributed by atoms with E-state index in [-0.39, 0.29) is 28.7 Å². The summed E-state index contributed by atoms with van der Waals surface area (Å²) in [5.41, 5.74) is 0. The van der Waals surface area contributed by atoms with Crippen LogP contribution in [0.1, 0.15) is 40.5 Å². The lowest BCUT2D eigenvalue weighted by Crippen LogP contribution is -2.44. The summed E-state index contributed by atoms with van der Waals surface area (Å²) < 4.78 is 0.583. The average Bonchev–Trinajstić information content (AvgIpc) is 2.80. The third kappa shape index (κ3) is 7.64. The summed E-state index contributed by atoms with van der Waals surface area (Å²) in [6.07, 6.45) is 4.79. The molecule has 1 unspecified atom stereocenters. The molecule has 0 saturated carbocycles. The molecule has 6 heteroatoms. The first-order valence-electron chi connectivity index (χ1n) is 7.12. The van der Waals surface area contributed by atoms with Crippen molar-refractivity contribution in [2.45, 2.75) is 50.0 Å². The molecular formula is C14H30IN3S2. The third-order valence-electron chi connectivity index (χ3n) is 3.45. The van der Waals surface area contributed by atoms with Crippen LogP contribution in [-0.2, 0) is 0 Å². The summed E-state index contributed by atoms with van der Waals surface area (Å²) in [7, 11) is 0. The van der Waals surface area contributed by atoms with Gasteiger partial charge in [0.15, 0.2) is 5.96 Å². The minimum absolute atomic E-state index is 0. The molecule has 1 fully saturated rings. The highest BCUT2D eigenvalue weighted by molar-refractivity contribution is 14.0. The van der Waals surface area contributed by atoms with E-state index in [4.69, 9.17) is 4.99 Å². The Labute approximate surface area is 150 Å². The van der Waals surface area contributed by atoms with Crippen LogP contribution in [-0.4, -0.2) is 47.1 Å². The van der Waals surface area contributed by atoms with Crippen LogP contribution in [0.5, 0.6) is 0 Å². The monoisotopic (exact) mass is 431 g/mol. The Hall–Kier alpha value is 0.700. The average molecular weight is 431 g/mol. The van der Waals surface area contributed by atoms with Crippen LogP contribution in [0.25, 0.3) is 0 Å². The van der Waals surface area contributed by atoms with Gasteiger partial charge in [-0.2, -0.15) is 23.5 Å². The molecule has 0 aliphatic carbocycles. The Morgan fingerprint density at radius 1 is 1.40 bits per heavy atom. The number of nitrogens with zero attached hydrogens (tertiary/aromatic N) is 1. The molecule has 0 aromatic heterocycles. The van der Waals surface area contributed by atoms with Crippen molar-refractivity contribution in [3.05, 3.63) is 0 Å². The van der Waals surface area contributed by atoms with Crippen LogP contribution in [0.15, 0.2) is 4.99 Å². The molecule has 3 nitrogen and oxygen atoms in total. The summed E-state index contributed by atoms with van der Waals surface area (Å²) in [5.74, 6) is 2.25. The number of hydrogen-bond donors (Lipinski definition) is 2. The van der Waals surface area contributed by atoms with E-state index in [1.165, 1.54) is 18.6 Å². The van der Waals surface area contributed by atoms with E-state index in [1.807, 2.05) is 11.8 Å². The van der Waals surface area contributed by atoms with Gasteiger partial charge in [0.25, 0.3) is 0 Å². The van der Waals surface area contributed by atoms with E-state index in [0.29, 0.717) is 4.75 Å². The van der Waals surface area contributed by atoms with Crippen LogP contribution in [0, 0.1) is 0 Å². The van der Waals surface area contributed by atoms with Gasteiger partial charge >= 0.3 is 0 Å². The zero-order chi connectivity index (χ0) is 14.4. The topological polar surface area (TPSA) is 36.4 Å². The Morgan fingerprint density at radius 3 is 2.60 bits per heavy atom. The lowest BCUT2D eigenvalue weighted by molar-refractivity contribution is 0.583. The second-order valence-corrected chi connectivity index (χ2v) is 9.11. The number of halogens is 1. The maximum absolute atomic E-state index is 4.71. The number of rotatable bonds is 6. The first-order valence-corrected chi connectivity index (χ1v) is 9.33. The number of hydrogen-bond acceptors (Lipinski definition) is 3. The van der Waals surface area contributed by atoms with Gasteiger partial charge in [-0.1, -0.05) is 0 Å². The zero-order valence-electron chi connectivity index (χ0n) is 13.4. The minimum atomic E-state index is 0. The van der Waals surface area contributed by atoms with Gasteiger partial charge in [0.2, 0.25) is 0 Å². The molecule has 1 aliphatic rings. The Morgan fingerprint density at radius 2 is 2.10 bits per heavy atom. The zero-order valence-corrected chi connectivity index (χ0v) is 17.4.